The Balaban J connectivity index is 1.69. The molecule has 0 saturated carbocycles. The summed E-state index contributed by atoms with van der Waals surface area (Å²) in [6, 6.07) is 5.14. The van der Waals surface area contributed by atoms with Crippen LogP contribution in [0.15, 0.2) is 30.5 Å². The largest absolute Gasteiger partial charge is 0.493 e. The number of nitrogens with two attached hydrogens (primary N) is 1. The van der Waals surface area contributed by atoms with E-state index in [0.29, 0.717) is 17.6 Å². The van der Waals surface area contributed by atoms with Gasteiger partial charge in [-0.25, -0.2) is 4.79 Å². The number of hydrogen-bond donors (Lipinski definition) is 6. The Hall–Kier alpha value is -4.35. The highest BCUT2D eigenvalue weighted by molar-refractivity contribution is 5.97. The summed E-state index contributed by atoms with van der Waals surface area (Å²) in [5.41, 5.74) is 7.69. The van der Waals surface area contributed by atoms with Crippen molar-refractivity contribution >= 4 is 40.5 Å². The van der Waals surface area contributed by atoms with E-state index in [0.717, 1.165) is 11.3 Å². The van der Waals surface area contributed by atoms with Gasteiger partial charge < -0.3 is 36.3 Å². The maximum atomic E-state index is 12.4. The molecule has 0 aliphatic heterocycles. The molecule has 0 saturated heterocycles. The Labute approximate surface area is 181 Å². The number of aromatic nitrogens is 3. The van der Waals surface area contributed by atoms with Gasteiger partial charge in [0.05, 0.1) is 5.39 Å². The number of aromatic amines is 1. The summed E-state index contributed by atoms with van der Waals surface area (Å²) in [5, 5.41) is 30.8. The van der Waals surface area contributed by atoms with E-state index in [4.69, 9.17) is 10.8 Å². The van der Waals surface area contributed by atoms with Crippen molar-refractivity contribution in [3.05, 3.63) is 41.6 Å². The van der Waals surface area contributed by atoms with Crippen LogP contribution in [0.25, 0.3) is 11.0 Å². The molecule has 7 N–H and O–H groups in total. The molecule has 0 unspecified atom stereocenters. The van der Waals surface area contributed by atoms with E-state index in [-0.39, 0.29) is 30.2 Å². The van der Waals surface area contributed by atoms with Gasteiger partial charge in [-0.2, -0.15) is 9.97 Å². The number of carboxylic acids is 2. The van der Waals surface area contributed by atoms with Gasteiger partial charge in [-0.05, 0) is 30.7 Å². The Morgan fingerprint density at radius 3 is 2.50 bits per heavy atom. The number of hydrogen-bond acceptors (Lipinski definition) is 8. The zero-order chi connectivity index (χ0) is 23.4. The van der Waals surface area contributed by atoms with Crippen LogP contribution in [-0.4, -0.2) is 61.2 Å². The molecule has 2 heterocycles. The Kier molecular flexibility index (Phi) is 6.42. The lowest BCUT2D eigenvalue weighted by atomic mass is 10.1. The summed E-state index contributed by atoms with van der Waals surface area (Å²) in [6.45, 7) is 0.392. The van der Waals surface area contributed by atoms with Gasteiger partial charge in [-0.15, -0.1) is 0 Å². The summed E-state index contributed by atoms with van der Waals surface area (Å²) in [7, 11) is 1.81. The summed E-state index contributed by atoms with van der Waals surface area (Å²) in [6.07, 6.45) is 1.10. The summed E-state index contributed by atoms with van der Waals surface area (Å²) in [4.78, 5) is 46.9. The van der Waals surface area contributed by atoms with E-state index in [1.807, 2.05) is 11.9 Å². The predicted octanol–water partition coefficient (Wildman–Crippen LogP) is 0.930. The monoisotopic (exact) mass is 442 g/mol. The molecule has 12 nitrogen and oxygen atoms in total. The first-order valence-electron chi connectivity index (χ1n) is 9.54. The third kappa shape index (κ3) is 5.03. The predicted molar refractivity (Wildman–Crippen MR) is 114 cm³/mol. The lowest BCUT2D eigenvalue weighted by Gasteiger charge is -2.19. The number of amides is 1. The van der Waals surface area contributed by atoms with Crippen molar-refractivity contribution in [2.24, 2.45) is 0 Å². The van der Waals surface area contributed by atoms with Crippen LogP contribution in [-0.2, 0) is 16.1 Å². The molecule has 0 bridgehead atoms. The fourth-order valence-electron chi connectivity index (χ4n) is 3.20. The number of rotatable bonds is 9. The molecule has 12 heteroatoms. The SMILES string of the molecule is CN(Cc1c[nH]c2nc(N)nc(O)c12)c1ccc(C(=O)N[C@@H](CCC(=O)O)C(=O)O)cc1. The second-order valence-electron chi connectivity index (χ2n) is 7.14. The first-order valence-corrected chi connectivity index (χ1v) is 9.54. The number of carbonyl (C=O) groups is 3. The molecular weight excluding hydrogens is 420 g/mol. The normalized spacial score (nSPS) is 11.8. The standard InChI is InChI=1S/C20H22N6O6/c1-26(9-11-8-22-16-15(11)18(30)25-20(21)24-16)12-4-2-10(3-5-12)17(29)23-13(19(31)32)6-7-14(27)28/h2-5,8,13H,6-7,9H2,1H3,(H,23,29)(H,27,28)(H,31,32)(H4,21,22,24,25,30)/t13-/m0/s1. The molecule has 2 aromatic heterocycles. The maximum Gasteiger partial charge on any atom is 0.326 e. The van der Waals surface area contributed by atoms with Gasteiger partial charge in [0.2, 0.25) is 11.8 Å². The van der Waals surface area contributed by atoms with Gasteiger partial charge >= 0.3 is 11.9 Å². The van der Waals surface area contributed by atoms with Crippen LogP contribution in [0.5, 0.6) is 5.88 Å². The van der Waals surface area contributed by atoms with Crippen molar-refractivity contribution in [2.45, 2.75) is 25.4 Å². The molecule has 0 radical (unpaired) electrons. The minimum Gasteiger partial charge on any atom is -0.493 e. The molecule has 3 rings (SSSR count). The molecular formula is C20H22N6O6. The Morgan fingerprint density at radius 1 is 1.19 bits per heavy atom. The second-order valence-corrected chi connectivity index (χ2v) is 7.14. The smallest absolute Gasteiger partial charge is 0.326 e. The molecule has 0 spiro atoms. The van der Waals surface area contributed by atoms with E-state index in [1.54, 1.807) is 18.3 Å². The van der Waals surface area contributed by atoms with E-state index >= 15 is 0 Å². The quantitative estimate of drug-likeness (QED) is 0.277. The minimum atomic E-state index is -1.30. The third-order valence-electron chi connectivity index (χ3n) is 4.84. The zero-order valence-corrected chi connectivity index (χ0v) is 17.1. The average molecular weight is 442 g/mol. The van der Waals surface area contributed by atoms with Crippen LogP contribution in [0.4, 0.5) is 11.6 Å². The molecule has 1 amide bonds. The number of nitrogens with zero attached hydrogens (tertiary/aromatic N) is 3. The van der Waals surface area contributed by atoms with Crippen LogP contribution in [0.3, 0.4) is 0 Å². The Morgan fingerprint density at radius 2 is 1.88 bits per heavy atom. The van der Waals surface area contributed by atoms with Crippen molar-refractivity contribution in [1.82, 2.24) is 20.3 Å². The number of H-pyrrole nitrogens is 1. The van der Waals surface area contributed by atoms with E-state index in [1.165, 1.54) is 12.1 Å². The van der Waals surface area contributed by atoms with Crippen LogP contribution in [0, 0.1) is 0 Å². The van der Waals surface area contributed by atoms with Crippen LogP contribution < -0.4 is 16.0 Å². The molecule has 0 aliphatic rings. The summed E-state index contributed by atoms with van der Waals surface area (Å²) >= 11 is 0. The van der Waals surface area contributed by atoms with Crippen molar-refractivity contribution in [3.8, 4) is 5.88 Å². The minimum absolute atomic E-state index is 0.0429. The summed E-state index contributed by atoms with van der Waals surface area (Å²) < 4.78 is 0. The Bertz CT molecular complexity index is 1160. The number of carboxylic acid groups (broad SMARTS) is 2. The molecule has 3 aromatic rings. The highest BCUT2D eigenvalue weighted by atomic mass is 16.4. The third-order valence-corrected chi connectivity index (χ3v) is 4.84. The average Bonchev–Trinajstić information content (AvgIpc) is 3.13. The fourth-order valence-corrected chi connectivity index (χ4v) is 3.20. The van der Waals surface area contributed by atoms with E-state index in [2.05, 4.69) is 20.3 Å². The lowest BCUT2D eigenvalue weighted by molar-refractivity contribution is -0.140. The number of benzene rings is 1. The number of nitrogen functional groups attached to an aromatic ring is 1. The van der Waals surface area contributed by atoms with Gasteiger partial charge in [0, 0.05) is 43.0 Å². The number of aromatic hydroxyl groups is 1. The van der Waals surface area contributed by atoms with Crippen LogP contribution in [0.1, 0.15) is 28.8 Å². The molecule has 168 valence electrons. The second kappa shape index (κ2) is 9.20. The first kappa shape index (κ1) is 22.3. The maximum absolute atomic E-state index is 12.4. The van der Waals surface area contributed by atoms with Crippen LogP contribution in [0.2, 0.25) is 0 Å². The topological polar surface area (TPSA) is 195 Å². The molecule has 1 aromatic carbocycles. The van der Waals surface area contributed by atoms with Gasteiger partial charge in [0.15, 0.2) is 0 Å². The van der Waals surface area contributed by atoms with Crippen molar-refractivity contribution in [2.75, 3.05) is 17.7 Å². The molecule has 1 atom stereocenters. The van der Waals surface area contributed by atoms with Gasteiger partial charge in [0.1, 0.15) is 11.7 Å². The van der Waals surface area contributed by atoms with Crippen molar-refractivity contribution in [1.29, 1.82) is 0 Å². The van der Waals surface area contributed by atoms with Crippen LogP contribution >= 0.6 is 0 Å². The lowest BCUT2D eigenvalue weighted by Crippen LogP contribution is -2.41. The number of aliphatic carboxylic acids is 2. The fraction of sp³-hybridized carbons (Fsp3) is 0.250. The molecule has 0 aliphatic carbocycles. The zero-order valence-electron chi connectivity index (χ0n) is 17.1. The number of carbonyl (C=O) groups excluding carboxylic acids is 1. The summed E-state index contributed by atoms with van der Waals surface area (Å²) in [5.74, 6) is -3.33. The number of nitrogens with one attached hydrogen (secondary N) is 2. The van der Waals surface area contributed by atoms with E-state index < -0.39 is 23.9 Å². The van der Waals surface area contributed by atoms with Gasteiger partial charge in [-0.1, -0.05) is 0 Å². The number of anilines is 2. The van der Waals surface area contributed by atoms with Gasteiger partial charge in [0.25, 0.3) is 5.91 Å². The van der Waals surface area contributed by atoms with Crippen molar-refractivity contribution < 1.29 is 29.7 Å². The highest BCUT2D eigenvalue weighted by Gasteiger charge is 2.22. The first-order chi connectivity index (χ1) is 15.2. The molecule has 0 fully saturated rings. The van der Waals surface area contributed by atoms with Gasteiger partial charge in [-0.3, -0.25) is 9.59 Å². The van der Waals surface area contributed by atoms with E-state index in [9.17, 15) is 24.6 Å². The number of fused-ring (bicyclic) bond motifs is 1. The highest BCUT2D eigenvalue weighted by Crippen LogP contribution is 2.27. The molecule has 32 heavy (non-hydrogen) atoms. The van der Waals surface area contributed by atoms with Crippen molar-refractivity contribution in [3.63, 3.8) is 0 Å².